The van der Waals surface area contributed by atoms with Gasteiger partial charge in [-0.05, 0) is 135 Å². The van der Waals surface area contributed by atoms with Crippen LogP contribution < -0.4 is 0 Å². The lowest BCUT2D eigenvalue weighted by Crippen LogP contribution is -1.98. The number of fused-ring (bicyclic) bond motifs is 14. The Morgan fingerprint density at radius 1 is 0.308 bits per heavy atom. The number of nitrogens with zero attached hydrogens (tertiary/aromatic N) is 4. The van der Waals surface area contributed by atoms with Gasteiger partial charge in [-0.3, -0.25) is 0 Å². The first-order valence-corrected chi connectivity index (χ1v) is 26.5. The smallest absolute Gasteiger partial charge is 0.231 e. The maximum atomic E-state index is 7.21. The van der Waals surface area contributed by atoms with Crippen molar-refractivity contribution in [2.75, 3.05) is 0 Å². The molecule has 362 valence electrons. The molecule has 0 N–H and O–H groups in total. The normalized spacial score (nSPS) is 12.1. The third kappa shape index (κ3) is 6.38. The number of benzene rings is 12. The first kappa shape index (κ1) is 42.8. The predicted molar refractivity (Wildman–Crippen MR) is 322 cm³/mol. The maximum absolute atomic E-state index is 7.21. The van der Waals surface area contributed by atoms with Crippen LogP contribution in [0.1, 0.15) is 0 Å². The molecule has 0 radical (unpaired) electrons. The molecule has 78 heavy (non-hydrogen) atoms. The Labute approximate surface area is 445 Å². The Bertz CT molecular complexity index is 5320. The molecule has 0 bridgehead atoms. The van der Waals surface area contributed by atoms with Gasteiger partial charge in [0.05, 0.1) is 49.8 Å². The number of aromatic nitrogens is 4. The third-order valence-electron chi connectivity index (χ3n) is 16.1. The summed E-state index contributed by atoms with van der Waals surface area (Å²) < 4.78 is 18.7. The first-order valence-electron chi connectivity index (χ1n) is 26.5. The number of hydrogen-bond acceptors (Lipinski definition) is 4. The molecule has 0 fully saturated rings. The van der Waals surface area contributed by atoms with E-state index < -0.39 is 0 Å². The van der Waals surface area contributed by atoms with Gasteiger partial charge in [0, 0.05) is 43.6 Å². The highest BCUT2D eigenvalue weighted by Crippen LogP contribution is 2.46. The van der Waals surface area contributed by atoms with E-state index in [0.717, 1.165) is 110 Å². The SMILES string of the molecule is c1ccc(-c2ccc3oc4nc(-c5ccc(-n6c7ccc(-c8ccc9c(c8)c8ccccc8n9-c8ccccc8)cc7c7cc8ccccc8cc76)c6c5oc5cc7ccccc7cc56)nc(-c5ccccc5)c4c3c2)cc1. The Morgan fingerprint density at radius 3 is 1.59 bits per heavy atom. The number of rotatable bonds is 6. The monoisotopic (exact) mass is 994 g/mol. The fourth-order valence-electron chi connectivity index (χ4n) is 12.5. The fraction of sp³-hybridized carbons (Fsp3) is 0. The average Bonchev–Trinajstić information content (AvgIpc) is 4.39. The van der Waals surface area contributed by atoms with Gasteiger partial charge in [0.1, 0.15) is 16.7 Å². The van der Waals surface area contributed by atoms with Crippen LogP contribution in [0.4, 0.5) is 0 Å². The standard InChI is InChI=1S/C72H42N4O2/c1-4-16-43(17-5-1)49-30-35-65-58(40-49)68-69(44-18-6-2-7-19-44)73-71(74-72(68)78-65)54-31-34-63(67-59-39-46-21-11-13-23-48(46)42-66(59)77-70(54)67)76-62-33-29-51(38-56(62)57-36-45-20-10-12-22-47(45)41-64(57)76)50-28-32-61-55(37-50)53-26-14-15-27-60(53)75(61)52-24-8-3-9-25-52/h1-42H. The van der Waals surface area contributed by atoms with Crippen LogP contribution in [0, 0.1) is 0 Å². The topological polar surface area (TPSA) is 61.9 Å². The molecule has 0 saturated heterocycles. The minimum Gasteiger partial charge on any atom is -0.455 e. The van der Waals surface area contributed by atoms with Gasteiger partial charge in [0.2, 0.25) is 5.71 Å². The van der Waals surface area contributed by atoms with Gasteiger partial charge in [0.15, 0.2) is 5.82 Å². The van der Waals surface area contributed by atoms with E-state index in [0.29, 0.717) is 17.1 Å². The van der Waals surface area contributed by atoms with E-state index in [-0.39, 0.29) is 0 Å². The summed E-state index contributed by atoms with van der Waals surface area (Å²) in [5.41, 5.74) is 16.6. The van der Waals surface area contributed by atoms with Crippen molar-refractivity contribution in [3.8, 4) is 56.3 Å². The summed E-state index contributed by atoms with van der Waals surface area (Å²) in [7, 11) is 0. The summed E-state index contributed by atoms with van der Waals surface area (Å²) in [5, 5.41) is 13.2. The van der Waals surface area contributed by atoms with E-state index in [1.54, 1.807) is 0 Å². The van der Waals surface area contributed by atoms with E-state index in [1.807, 2.05) is 18.2 Å². The molecule has 17 aromatic rings. The molecule has 6 heteroatoms. The molecular formula is C72H42N4O2. The molecule has 0 aliphatic heterocycles. The predicted octanol–water partition coefficient (Wildman–Crippen LogP) is 19.4. The summed E-state index contributed by atoms with van der Waals surface area (Å²) in [5.74, 6) is 0.519. The molecule has 0 unspecified atom stereocenters. The first-order chi connectivity index (χ1) is 38.6. The van der Waals surface area contributed by atoms with Crippen LogP contribution in [0.5, 0.6) is 0 Å². The van der Waals surface area contributed by atoms with E-state index in [4.69, 9.17) is 18.8 Å². The molecule has 6 nitrogen and oxygen atoms in total. The molecule has 0 aliphatic rings. The van der Waals surface area contributed by atoms with Gasteiger partial charge in [-0.15, -0.1) is 0 Å². The van der Waals surface area contributed by atoms with Crippen LogP contribution in [0.2, 0.25) is 0 Å². The van der Waals surface area contributed by atoms with Crippen LogP contribution in [0.15, 0.2) is 264 Å². The molecule has 17 rings (SSSR count). The molecule has 0 aliphatic carbocycles. The highest BCUT2D eigenvalue weighted by molar-refractivity contribution is 6.21. The Balaban J connectivity index is 0.913. The van der Waals surface area contributed by atoms with Crippen molar-refractivity contribution in [2.24, 2.45) is 0 Å². The second kappa shape index (κ2) is 16.5. The zero-order valence-electron chi connectivity index (χ0n) is 41.9. The molecule has 5 aromatic heterocycles. The molecule has 0 amide bonds. The van der Waals surface area contributed by atoms with Gasteiger partial charge in [-0.25, -0.2) is 4.98 Å². The summed E-state index contributed by atoms with van der Waals surface area (Å²) >= 11 is 0. The molecule has 0 spiro atoms. The van der Waals surface area contributed by atoms with Gasteiger partial charge < -0.3 is 18.0 Å². The summed E-state index contributed by atoms with van der Waals surface area (Å²) in [6.45, 7) is 0. The van der Waals surface area contributed by atoms with Gasteiger partial charge in [-0.1, -0.05) is 164 Å². The molecule has 5 heterocycles. The van der Waals surface area contributed by atoms with Crippen molar-refractivity contribution < 1.29 is 8.83 Å². The third-order valence-corrected chi connectivity index (χ3v) is 16.1. The largest absolute Gasteiger partial charge is 0.455 e. The zero-order chi connectivity index (χ0) is 51.0. The average molecular weight is 995 g/mol. The quantitative estimate of drug-likeness (QED) is 0.167. The minimum atomic E-state index is 0.518. The number of furan rings is 2. The van der Waals surface area contributed by atoms with Crippen molar-refractivity contribution in [3.05, 3.63) is 255 Å². The van der Waals surface area contributed by atoms with Crippen molar-refractivity contribution in [1.29, 1.82) is 0 Å². The van der Waals surface area contributed by atoms with Gasteiger partial charge in [-0.2, -0.15) is 4.98 Å². The van der Waals surface area contributed by atoms with Crippen molar-refractivity contribution in [1.82, 2.24) is 19.1 Å². The van der Waals surface area contributed by atoms with Crippen molar-refractivity contribution in [2.45, 2.75) is 0 Å². The Hall–Kier alpha value is -10.6. The Morgan fingerprint density at radius 2 is 0.846 bits per heavy atom. The van der Waals surface area contributed by atoms with Gasteiger partial charge in [0.25, 0.3) is 0 Å². The number of para-hydroxylation sites is 2. The summed E-state index contributed by atoms with van der Waals surface area (Å²) in [6, 6.07) is 91.1. The lowest BCUT2D eigenvalue weighted by atomic mass is 10.00. The Kier molecular flexibility index (Phi) is 9.03. The fourth-order valence-corrected chi connectivity index (χ4v) is 12.5. The van der Waals surface area contributed by atoms with E-state index in [9.17, 15) is 0 Å². The molecular weight excluding hydrogens is 953 g/mol. The highest BCUT2D eigenvalue weighted by Gasteiger charge is 2.26. The van der Waals surface area contributed by atoms with Crippen LogP contribution in [-0.4, -0.2) is 19.1 Å². The van der Waals surface area contributed by atoms with Crippen LogP contribution in [-0.2, 0) is 0 Å². The summed E-state index contributed by atoms with van der Waals surface area (Å²) in [4.78, 5) is 10.8. The van der Waals surface area contributed by atoms with Crippen molar-refractivity contribution in [3.63, 3.8) is 0 Å². The van der Waals surface area contributed by atoms with Crippen LogP contribution >= 0.6 is 0 Å². The molecule has 12 aromatic carbocycles. The second-order valence-corrected chi connectivity index (χ2v) is 20.5. The van der Waals surface area contributed by atoms with Crippen LogP contribution in [0.3, 0.4) is 0 Å². The maximum Gasteiger partial charge on any atom is 0.231 e. The zero-order valence-corrected chi connectivity index (χ0v) is 41.9. The lowest BCUT2D eigenvalue weighted by molar-refractivity contribution is 0.653. The van der Waals surface area contributed by atoms with Crippen molar-refractivity contribution >= 4 is 109 Å². The number of hydrogen-bond donors (Lipinski definition) is 0. The van der Waals surface area contributed by atoms with E-state index >= 15 is 0 Å². The van der Waals surface area contributed by atoms with Crippen LogP contribution in [0.25, 0.3) is 165 Å². The molecule has 0 saturated carbocycles. The van der Waals surface area contributed by atoms with E-state index in [2.05, 4.69) is 246 Å². The summed E-state index contributed by atoms with van der Waals surface area (Å²) in [6.07, 6.45) is 0. The highest BCUT2D eigenvalue weighted by atomic mass is 16.3. The van der Waals surface area contributed by atoms with E-state index in [1.165, 1.54) is 38.0 Å². The van der Waals surface area contributed by atoms with Gasteiger partial charge >= 0.3 is 0 Å². The second-order valence-electron chi connectivity index (χ2n) is 20.5. The molecule has 0 atom stereocenters. The minimum absolute atomic E-state index is 0.518. The lowest BCUT2D eigenvalue weighted by Gasteiger charge is -2.13.